The number of aromatic nitrogens is 10. The molecule has 0 radical (unpaired) electrons. The molecule has 0 unspecified atom stereocenters. The third-order valence-electron chi connectivity index (χ3n) is 12.5. The number of halogens is 2. The number of nitrogens with one attached hydrogen (secondary N) is 4. The van der Waals surface area contributed by atoms with Gasteiger partial charge in [-0.05, 0) is 98.2 Å². The van der Waals surface area contributed by atoms with E-state index in [1.54, 1.807) is 26.0 Å². The van der Waals surface area contributed by atoms with Gasteiger partial charge in [0.15, 0.2) is 23.3 Å². The molecule has 0 aromatic carbocycles. The summed E-state index contributed by atoms with van der Waals surface area (Å²) in [5, 5.41) is 22.0. The molecule has 2 aliphatic heterocycles. The zero-order valence-electron chi connectivity index (χ0n) is 38.9. The first-order valence-electron chi connectivity index (χ1n) is 22.1. The van der Waals surface area contributed by atoms with Crippen LogP contribution in [0.2, 0.25) is 0 Å². The Labute approximate surface area is 378 Å². The molecule has 20 heteroatoms. The molecule has 0 amide bonds. The number of hydrogen-bond acceptors (Lipinski definition) is 16. The second kappa shape index (κ2) is 18.9. The molecule has 0 spiro atoms. The minimum atomic E-state index is -0.348. The van der Waals surface area contributed by atoms with Crippen LogP contribution in [0.25, 0.3) is 0 Å². The topological polar surface area (TPSA) is 174 Å². The molecular formula is C45H60F2N18. The highest BCUT2D eigenvalue weighted by molar-refractivity contribution is 5.73. The lowest BCUT2D eigenvalue weighted by Crippen LogP contribution is -2.50. The van der Waals surface area contributed by atoms with Crippen LogP contribution in [-0.2, 0) is 14.1 Å². The monoisotopic (exact) mass is 891 g/mol. The first kappa shape index (κ1) is 45.0. The van der Waals surface area contributed by atoms with Gasteiger partial charge in [0.1, 0.15) is 23.3 Å². The van der Waals surface area contributed by atoms with Gasteiger partial charge in [0.2, 0.25) is 11.9 Å². The van der Waals surface area contributed by atoms with Gasteiger partial charge >= 0.3 is 0 Å². The van der Waals surface area contributed by atoms with Crippen LogP contribution in [0.3, 0.4) is 0 Å². The van der Waals surface area contributed by atoms with Gasteiger partial charge in [-0.15, -0.1) is 0 Å². The van der Waals surface area contributed by atoms with E-state index >= 15 is 0 Å². The maximum absolute atomic E-state index is 14.5. The van der Waals surface area contributed by atoms with Crippen molar-refractivity contribution in [2.45, 2.75) is 72.4 Å². The van der Waals surface area contributed by atoms with Crippen molar-refractivity contribution in [2.75, 3.05) is 84.4 Å². The van der Waals surface area contributed by atoms with Gasteiger partial charge in [0.05, 0.1) is 35.2 Å². The Kier molecular flexibility index (Phi) is 13.1. The average molecular weight is 891 g/mol. The van der Waals surface area contributed by atoms with Crippen molar-refractivity contribution in [3.8, 4) is 0 Å². The summed E-state index contributed by atoms with van der Waals surface area (Å²) in [7, 11) is 8.10. The van der Waals surface area contributed by atoms with Gasteiger partial charge in [-0.25, -0.2) is 28.7 Å². The molecule has 8 heterocycles. The van der Waals surface area contributed by atoms with Crippen LogP contribution in [0.1, 0.15) is 60.9 Å². The fourth-order valence-corrected chi connectivity index (χ4v) is 7.82. The van der Waals surface area contributed by atoms with Crippen LogP contribution in [0.4, 0.5) is 67.0 Å². The lowest BCUT2D eigenvalue weighted by molar-refractivity contribution is 0.234. The number of piperazine rings is 2. The predicted molar refractivity (Wildman–Crippen MR) is 252 cm³/mol. The molecule has 1 aliphatic carbocycles. The summed E-state index contributed by atoms with van der Waals surface area (Å²) in [6, 6.07) is 9.52. The average Bonchev–Trinajstić information content (AvgIpc) is 3.99. The second-order valence-electron chi connectivity index (χ2n) is 17.5. The van der Waals surface area contributed by atoms with Crippen molar-refractivity contribution in [3.63, 3.8) is 0 Å². The number of aryl methyl sites for hydroxylation is 6. The Bertz CT molecular complexity index is 2600. The molecule has 3 fully saturated rings. The van der Waals surface area contributed by atoms with E-state index in [9.17, 15) is 8.78 Å². The van der Waals surface area contributed by atoms with E-state index in [2.05, 4.69) is 98.9 Å². The summed E-state index contributed by atoms with van der Waals surface area (Å²) in [6.07, 6.45) is 5.68. The van der Waals surface area contributed by atoms with Gasteiger partial charge in [0, 0.05) is 89.0 Å². The Morgan fingerprint density at radius 1 is 0.569 bits per heavy atom. The van der Waals surface area contributed by atoms with E-state index in [0.717, 1.165) is 86.3 Å². The third-order valence-corrected chi connectivity index (χ3v) is 12.5. The number of pyridine rings is 2. The highest BCUT2D eigenvalue weighted by atomic mass is 19.1. The zero-order chi connectivity index (χ0) is 46.1. The van der Waals surface area contributed by atoms with Crippen molar-refractivity contribution in [1.82, 2.24) is 59.3 Å². The smallest absolute Gasteiger partial charge is 0.230 e. The molecule has 18 nitrogen and oxygen atoms in total. The number of rotatable bonds is 11. The molecule has 3 aliphatic rings. The molecule has 2 saturated heterocycles. The Morgan fingerprint density at radius 3 is 1.51 bits per heavy atom. The molecule has 4 N–H and O–H groups in total. The second-order valence-corrected chi connectivity index (χ2v) is 17.5. The Balaban J connectivity index is 0.000000178. The fraction of sp³-hybridized carbons (Fsp3) is 0.467. The molecule has 2 atom stereocenters. The molecule has 1 saturated carbocycles. The zero-order valence-corrected chi connectivity index (χ0v) is 38.9. The summed E-state index contributed by atoms with van der Waals surface area (Å²) in [6.45, 7) is 17.2. The summed E-state index contributed by atoms with van der Waals surface area (Å²) in [5.41, 5.74) is 5.35. The van der Waals surface area contributed by atoms with Gasteiger partial charge in [0.25, 0.3) is 0 Å². The lowest BCUT2D eigenvalue weighted by atomic mass is 10.1. The molecular weight excluding hydrogens is 831 g/mol. The summed E-state index contributed by atoms with van der Waals surface area (Å²) in [4.78, 5) is 36.4. The van der Waals surface area contributed by atoms with Crippen LogP contribution in [0, 0.1) is 39.3 Å². The van der Waals surface area contributed by atoms with Crippen LogP contribution in [0.5, 0.6) is 0 Å². The van der Waals surface area contributed by atoms with E-state index in [1.807, 2.05) is 61.8 Å². The van der Waals surface area contributed by atoms with E-state index < -0.39 is 0 Å². The minimum Gasteiger partial charge on any atom is -0.364 e. The maximum Gasteiger partial charge on any atom is 0.230 e. The Morgan fingerprint density at radius 2 is 1.06 bits per heavy atom. The van der Waals surface area contributed by atoms with Crippen molar-refractivity contribution in [3.05, 3.63) is 82.7 Å². The highest BCUT2D eigenvalue weighted by Gasteiger charge is 2.29. The van der Waals surface area contributed by atoms with Gasteiger partial charge < -0.3 is 40.9 Å². The summed E-state index contributed by atoms with van der Waals surface area (Å²) < 4.78 is 31.7. The Hall–Kier alpha value is -6.54. The van der Waals surface area contributed by atoms with Crippen molar-refractivity contribution in [2.24, 2.45) is 14.1 Å². The van der Waals surface area contributed by atoms with Gasteiger partial charge in [-0.2, -0.15) is 20.2 Å². The molecule has 6 aromatic rings. The van der Waals surface area contributed by atoms with Crippen molar-refractivity contribution < 1.29 is 8.78 Å². The van der Waals surface area contributed by atoms with Gasteiger partial charge in [-0.3, -0.25) is 9.36 Å². The summed E-state index contributed by atoms with van der Waals surface area (Å²) in [5.74, 6) is 4.32. The standard InChI is InChI=1S/C24H32FN9.C21H28FN9/c1-14-10-21(31-33(14)5)28-23-19(34-9-8-32(4)15(2)13-34)12-26-24(30-23)29-20-11-18(17-6-7-17)22(25)16(3)27-20;1-13-10-19(28-30(13)5)25-20-17(31-9-8-29(4)14(2)12-31)11-23-21(27-20)26-18-7-6-16(22)15(3)24-18/h10-12,15,17H,6-9,13H2,1-5H3,(H2,26,27,28,29,30,31);6-7,10-11,14H,8-9,12H2,1-5H3,(H2,23,24,25,26,27,28)/t15-;14-/m01/s1. The molecule has 6 aromatic heterocycles. The predicted octanol–water partition coefficient (Wildman–Crippen LogP) is 6.85. The lowest BCUT2D eigenvalue weighted by Gasteiger charge is -2.39. The third kappa shape index (κ3) is 10.5. The fourth-order valence-electron chi connectivity index (χ4n) is 7.82. The number of anilines is 10. The maximum atomic E-state index is 14.5. The SMILES string of the molecule is Cc1nc(Nc2ncc(N3CCN(C)[C@@H](C)C3)c(Nc3cc(C)n(C)n3)n2)cc(C2CC2)c1F.Cc1nc(Nc2ncc(N3CCN(C)[C@H](C)C3)c(Nc3cc(C)n(C)n3)n2)ccc1F. The van der Waals surface area contributed by atoms with E-state index in [4.69, 9.17) is 9.97 Å². The normalized spacial score (nSPS) is 18.0. The highest BCUT2D eigenvalue weighted by Crippen LogP contribution is 2.42. The number of likely N-dealkylation sites (N-methyl/N-ethyl adjacent to an activating group) is 2. The van der Waals surface area contributed by atoms with Crippen LogP contribution in [0.15, 0.2) is 42.7 Å². The first-order valence-corrected chi connectivity index (χ1v) is 22.1. The number of nitrogens with zero attached hydrogens (tertiary/aromatic N) is 14. The van der Waals surface area contributed by atoms with Crippen LogP contribution >= 0.6 is 0 Å². The largest absolute Gasteiger partial charge is 0.364 e. The van der Waals surface area contributed by atoms with Crippen molar-refractivity contribution >= 4 is 58.2 Å². The van der Waals surface area contributed by atoms with E-state index in [0.29, 0.717) is 64.5 Å². The van der Waals surface area contributed by atoms with Crippen LogP contribution in [-0.4, -0.2) is 125 Å². The molecule has 0 bridgehead atoms. The molecule has 344 valence electrons. The first-order chi connectivity index (χ1) is 31.1. The minimum absolute atomic E-state index is 0.207. The molecule has 9 rings (SSSR count). The summed E-state index contributed by atoms with van der Waals surface area (Å²) >= 11 is 0. The van der Waals surface area contributed by atoms with Gasteiger partial charge in [-0.1, -0.05) is 0 Å². The van der Waals surface area contributed by atoms with Crippen molar-refractivity contribution in [1.29, 1.82) is 0 Å². The molecule has 65 heavy (non-hydrogen) atoms. The quantitative estimate of drug-likeness (QED) is 0.106. The van der Waals surface area contributed by atoms with E-state index in [-0.39, 0.29) is 17.6 Å². The number of hydrogen-bond donors (Lipinski definition) is 4. The van der Waals surface area contributed by atoms with E-state index in [1.165, 1.54) is 6.07 Å². The van der Waals surface area contributed by atoms with Crippen LogP contribution < -0.4 is 31.1 Å².